The van der Waals surface area contributed by atoms with Crippen molar-refractivity contribution in [3.05, 3.63) is 52.6 Å². The van der Waals surface area contributed by atoms with Crippen molar-refractivity contribution in [1.29, 1.82) is 0 Å². The smallest absolute Gasteiger partial charge is 0.419 e. The van der Waals surface area contributed by atoms with E-state index in [2.05, 4.69) is 9.88 Å². The van der Waals surface area contributed by atoms with Crippen LogP contribution in [0, 0.1) is 10.1 Å². The molecule has 2 aromatic heterocycles. The van der Waals surface area contributed by atoms with Crippen LogP contribution in [0.4, 0.5) is 16.4 Å². The van der Waals surface area contributed by atoms with Crippen molar-refractivity contribution in [1.82, 2.24) is 9.55 Å². The molecule has 0 atom stereocenters. The van der Waals surface area contributed by atoms with Crippen LogP contribution in [-0.2, 0) is 4.74 Å². The van der Waals surface area contributed by atoms with Crippen LogP contribution in [0.5, 0.6) is 0 Å². The molecule has 1 aromatic carbocycles. The average molecular weight is 422 g/mol. The molecule has 1 fully saturated rings. The number of anilines is 1. The predicted octanol–water partition coefficient (Wildman–Crippen LogP) is 5.39. The monoisotopic (exact) mass is 422 g/mol. The summed E-state index contributed by atoms with van der Waals surface area (Å²) in [4.78, 5) is 31.0. The minimum atomic E-state index is -0.706. The molecular weight excluding hydrogens is 396 g/mol. The third-order valence-electron chi connectivity index (χ3n) is 5.28. The molecular formula is C23H26N4O4. The van der Waals surface area contributed by atoms with Gasteiger partial charge in [-0.2, -0.15) is 0 Å². The van der Waals surface area contributed by atoms with E-state index in [9.17, 15) is 14.9 Å². The first-order chi connectivity index (χ1) is 14.7. The van der Waals surface area contributed by atoms with Gasteiger partial charge in [0.2, 0.25) is 5.82 Å². The standard InChI is InChI=1S/C23H26N4O4/c1-23(2,3)31-22(28)26-18-10-6-5-9-16(18)15-19(26)17-11-12-20(24-21(17)27(29)30)25-13-7-4-8-14-25/h5-6,9-12,15H,4,7-8,13-14H2,1-3H3. The normalized spacial score (nSPS) is 14.6. The second kappa shape index (κ2) is 8.02. The molecule has 0 bridgehead atoms. The number of aromatic nitrogens is 2. The summed E-state index contributed by atoms with van der Waals surface area (Å²) in [7, 11) is 0. The minimum Gasteiger partial charge on any atom is -0.443 e. The van der Waals surface area contributed by atoms with Gasteiger partial charge in [0.25, 0.3) is 0 Å². The van der Waals surface area contributed by atoms with E-state index in [0.717, 1.165) is 37.7 Å². The Labute approximate surface area is 180 Å². The number of pyridine rings is 1. The van der Waals surface area contributed by atoms with Crippen molar-refractivity contribution in [2.45, 2.75) is 45.6 Å². The maximum atomic E-state index is 13.1. The Hall–Kier alpha value is -3.42. The summed E-state index contributed by atoms with van der Waals surface area (Å²) in [6, 6.07) is 12.6. The molecule has 8 heteroatoms. The number of benzene rings is 1. The van der Waals surface area contributed by atoms with Gasteiger partial charge in [-0.3, -0.25) is 0 Å². The minimum absolute atomic E-state index is 0.268. The van der Waals surface area contributed by atoms with Crippen LogP contribution in [-0.4, -0.2) is 39.3 Å². The van der Waals surface area contributed by atoms with E-state index >= 15 is 0 Å². The molecule has 0 spiro atoms. The number of carbonyl (C=O) groups is 1. The van der Waals surface area contributed by atoms with E-state index in [1.807, 2.05) is 18.2 Å². The number of nitrogens with zero attached hydrogens (tertiary/aromatic N) is 4. The van der Waals surface area contributed by atoms with Crippen molar-refractivity contribution in [3.63, 3.8) is 0 Å². The van der Waals surface area contributed by atoms with E-state index in [4.69, 9.17) is 4.74 Å². The van der Waals surface area contributed by atoms with Gasteiger partial charge in [-0.05, 0) is 68.1 Å². The number of piperidine rings is 1. The van der Waals surface area contributed by atoms with Gasteiger partial charge in [-0.15, -0.1) is 0 Å². The summed E-state index contributed by atoms with van der Waals surface area (Å²) in [6.45, 7) is 7.03. The van der Waals surface area contributed by atoms with Crippen LogP contribution in [0.2, 0.25) is 0 Å². The molecule has 1 aliphatic heterocycles. The molecule has 162 valence electrons. The Balaban J connectivity index is 1.87. The number of fused-ring (bicyclic) bond motifs is 1. The number of nitro groups is 1. The first-order valence-corrected chi connectivity index (χ1v) is 10.5. The zero-order chi connectivity index (χ0) is 22.2. The fourth-order valence-corrected chi connectivity index (χ4v) is 3.93. The van der Waals surface area contributed by atoms with Crippen molar-refractivity contribution < 1.29 is 14.5 Å². The predicted molar refractivity (Wildman–Crippen MR) is 120 cm³/mol. The SMILES string of the molecule is CC(C)(C)OC(=O)n1c(-c2ccc(N3CCCCC3)nc2[N+](=O)[O-])cc2ccccc21. The molecule has 31 heavy (non-hydrogen) atoms. The Morgan fingerprint density at radius 1 is 1.10 bits per heavy atom. The van der Waals surface area contributed by atoms with E-state index < -0.39 is 16.6 Å². The maximum Gasteiger partial charge on any atom is 0.419 e. The summed E-state index contributed by atoms with van der Waals surface area (Å²) < 4.78 is 6.99. The van der Waals surface area contributed by atoms with Crippen molar-refractivity contribution in [3.8, 4) is 11.3 Å². The molecule has 1 saturated heterocycles. The summed E-state index contributed by atoms with van der Waals surface area (Å²) >= 11 is 0. The molecule has 0 aliphatic carbocycles. The van der Waals surface area contributed by atoms with Gasteiger partial charge in [0, 0.05) is 24.5 Å². The Morgan fingerprint density at radius 3 is 2.48 bits per heavy atom. The highest BCUT2D eigenvalue weighted by atomic mass is 16.6. The lowest BCUT2D eigenvalue weighted by molar-refractivity contribution is -0.388. The lowest BCUT2D eigenvalue weighted by Gasteiger charge is -2.25. The molecule has 0 N–H and O–H groups in total. The van der Waals surface area contributed by atoms with Crippen molar-refractivity contribution in [2.75, 3.05) is 18.0 Å². The summed E-state index contributed by atoms with van der Waals surface area (Å²) in [5.74, 6) is 0.325. The highest BCUT2D eigenvalue weighted by Crippen LogP contribution is 2.35. The maximum absolute atomic E-state index is 13.1. The topological polar surface area (TPSA) is 90.5 Å². The highest BCUT2D eigenvalue weighted by molar-refractivity contribution is 5.97. The molecule has 0 saturated carbocycles. The van der Waals surface area contributed by atoms with Gasteiger partial charge >= 0.3 is 11.9 Å². The first kappa shape index (κ1) is 20.8. The Kier molecular flexibility index (Phi) is 5.39. The third-order valence-corrected chi connectivity index (χ3v) is 5.28. The Bertz CT molecular complexity index is 1140. The number of ether oxygens (including phenoxy) is 1. The van der Waals surface area contributed by atoms with Gasteiger partial charge < -0.3 is 19.8 Å². The molecule has 0 unspecified atom stereocenters. The Morgan fingerprint density at radius 2 is 1.81 bits per heavy atom. The van der Waals surface area contributed by atoms with E-state index in [0.29, 0.717) is 17.0 Å². The van der Waals surface area contributed by atoms with Gasteiger partial charge in [-0.25, -0.2) is 9.36 Å². The number of rotatable bonds is 3. The first-order valence-electron chi connectivity index (χ1n) is 10.5. The van der Waals surface area contributed by atoms with Crippen LogP contribution >= 0.6 is 0 Å². The van der Waals surface area contributed by atoms with E-state index in [1.165, 1.54) is 4.57 Å². The highest BCUT2D eigenvalue weighted by Gasteiger charge is 2.28. The lowest BCUT2D eigenvalue weighted by Crippen LogP contribution is -2.30. The van der Waals surface area contributed by atoms with Gasteiger partial charge in [0.1, 0.15) is 5.60 Å². The zero-order valence-electron chi connectivity index (χ0n) is 18.0. The van der Waals surface area contributed by atoms with E-state index in [1.54, 1.807) is 45.0 Å². The zero-order valence-corrected chi connectivity index (χ0v) is 18.0. The molecule has 8 nitrogen and oxygen atoms in total. The largest absolute Gasteiger partial charge is 0.443 e. The van der Waals surface area contributed by atoms with Crippen LogP contribution in [0.15, 0.2) is 42.5 Å². The van der Waals surface area contributed by atoms with Gasteiger partial charge in [0.15, 0.2) is 0 Å². The molecule has 0 amide bonds. The van der Waals surface area contributed by atoms with Crippen molar-refractivity contribution >= 4 is 28.6 Å². The van der Waals surface area contributed by atoms with Crippen molar-refractivity contribution in [2.24, 2.45) is 0 Å². The number of para-hydroxylation sites is 1. The number of carbonyl (C=O) groups excluding carboxylic acids is 1. The third kappa shape index (κ3) is 4.23. The molecule has 4 rings (SSSR count). The molecule has 0 radical (unpaired) electrons. The summed E-state index contributed by atoms with van der Waals surface area (Å²) in [6.07, 6.45) is 2.67. The lowest BCUT2D eigenvalue weighted by atomic mass is 10.1. The van der Waals surface area contributed by atoms with E-state index in [-0.39, 0.29) is 11.4 Å². The van der Waals surface area contributed by atoms with Crippen LogP contribution in [0.25, 0.3) is 22.2 Å². The quantitative estimate of drug-likeness (QED) is 0.415. The molecule has 1 aliphatic rings. The fourth-order valence-electron chi connectivity index (χ4n) is 3.93. The number of hydrogen-bond donors (Lipinski definition) is 0. The summed E-state index contributed by atoms with van der Waals surface area (Å²) in [5, 5.41) is 12.7. The van der Waals surface area contributed by atoms with Crippen LogP contribution in [0.1, 0.15) is 40.0 Å². The fraction of sp³-hybridized carbons (Fsp3) is 0.391. The second-order valence-electron chi connectivity index (χ2n) is 8.75. The van der Waals surface area contributed by atoms with Crippen LogP contribution in [0.3, 0.4) is 0 Å². The summed E-state index contributed by atoms with van der Waals surface area (Å²) in [5.41, 5.74) is 0.594. The molecule has 3 heterocycles. The van der Waals surface area contributed by atoms with Crippen LogP contribution < -0.4 is 4.90 Å². The second-order valence-corrected chi connectivity index (χ2v) is 8.75. The number of hydrogen-bond acceptors (Lipinski definition) is 6. The molecule has 3 aromatic rings. The van der Waals surface area contributed by atoms with Gasteiger partial charge in [0.05, 0.1) is 16.8 Å². The average Bonchev–Trinajstić information content (AvgIpc) is 3.12. The van der Waals surface area contributed by atoms with Gasteiger partial charge in [-0.1, -0.05) is 18.2 Å².